The lowest BCUT2D eigenvalue weighted by Crippen LogP contribution is -2.36. The normalized spacial score (nSPS) is 19.5. The van der Waals surface area contributed by atoms with Gasteiger partial charge in [0.1, 0.15) is 5.60 Å². The Morgan fingerprint density at radius 1 is 1.37 bits per heavy atom. The third-order valence-electron chi connectivity index (χ3n) is 3.24. The van der Waals surface area contributed by atoms with Gasteiger partial charge in [0, 0.05) is 12.2 Å². The highest BCUT2D eigenvalue weighted by Crippen LogP contribution is 2.35. The van der Waals surface area contributed by atoms with E-state index >= 15 is 0 Å². The molecule has 0 bridgehead atoms. The number of ether oxygens (including phenoxy) is 1. The number of rotatable bonds is 1. The molecule has 19 heavy (non-hydrogen) atoms. The van der Waals surface area contributed by atoms with Crippen molar-refractivity contribution in [2.45, 2.75) is 45.3 Å². The van der Waals surface area contributed by atoms with Gasteiger partial charge in [0.25, 0.3) is 0 Å². The molecular formula is C15H22N2O2. The molecule has 0 saturated carbocycles. The summed E-state index contributed by atoms with van der Waals surface area (Å²) in [5, 5.41) is 0. The highest BCUT2D eigenvalue weighted by atomic mass is 16.6. The average molecular weight is 262 g/mol. The molecule has 4 nitrogen and oxygen atoms in total. The maximum atomic E-state index is 12.2. The van der Waals surface area contributed by atoms with Gasteiger partial charge >= 0.3 is 6.09 Å². The van der Waals surface area contributed by atoms with E-state index in [9.17, 15) is 4.79 Å². The predicted octanol–water partition coefficient (Wildman–Crippen LogP) is 3.34. The molecule has 1 aromatic carbocycles. The number of amides is 1. The van der Waals surface area contributed by atoms with E-state index in [0.29, 0.717) is 0 Å². The minimum absolute atomic E-state index is 0.0380. The number of hydrogen-bond donors (Lipinski definition) is 1. The van der Waals surface area contributed by atoms with Gasteiger partial charge in [0.05, 0.1) is 6.04 Å². The highest BCUT2D eigenvalue weighted by Gasteiger charge is 2.33. The fourth-order valence-corrected chi connectivity index (χ4v) is 2.44. The summed E-state index contributed by atoms with van der Waals surface area (Å²) in [5.74, 6) is 0. The summed E-state index contributed by atoms with van der Waals surface area (Å²) in [5.41, 5.74) is 7.30. The van der Waals surface area contributed by atoms with Crippen molar-refractivity contribution in [3.8, 4) is 0 Å². The monoisotopic (exact) mass is 262 g/mol. The number of para-hydroxylation sites is 1. The van der Waals surface area contributed by atoms with Gasteiger partial charge in [-0.25, -0.2) is 4.79 Å². The Hall–Kier alpha value is -1.71. The molecule has 1 aliphatic rings. The fraction of sp³-hybridized carbons (Fsp3) is 0.533. The Labute approximate surface area is 114 Å². The van der Waals surface area contributed by atoms with Crippen LogP contribution in [-0.4, -0.2) is 23.1 Å². The van der Waals surface area contributed by atoms with Crippen molar-refractivity contribution >= 4 is 11.8 Å². The van der Waals surface area contributed by atoms with Gasteiger partial charge in [-0.3, -0.25) is 0 Å². The first-order valence-corrected chi connectivity index (χ1v) is 6.72. The van der Waals surface area contributed by atoms with E-state index in [4.69, 9.17) is 10.5 Å². The van der Waals surface area contributed by atoms with Gasteiger partial charge in [-0.1, -0.05) is 18.2 Å². The van der Waals surface area contributed by atoms with Crippen LogP contribution in [0.3, 0.4) is 0 Å². The lowest BCUT2D eigenvalue weighted by atomic mass is 10.0. The smallest absolute Gasteiger partial charge is 0.410 e. The molecule has 2 N–H and O–H groups in total. The zero-order valence-corrected chi connectivity index (χ0v) is 11.8. The van der Waals surface area contributed by atoms with Crippen molar-refractivity contribution in [1.29, 1.82) is 0 Å². The fourth-order valence-electron chi connectivity index (χ4n) is 2.44. The third-order valence-corrected chi connectivity index (χ3v) is 3.24. The van der Waals surface area contributed by atoms with Crippen LogP contribution >= 0.6 is 0 Å². The zero-order chi connectivity index (χ0) is 14.0. The average Bonchev–Trinajstić information content (AvgIpc) is 2.76. The molecule has 104 valence electrons. The molecule has 0 spiro atoms. The van der Waals surface area contributed by atoms with Gasteiger partial charge < -0.3 is 15.4 Å². The first kappa shape index (κ1) is 13.7. The Morgan fingerprint density at radius 2 is 2.05 bits per heavy atom. The Morgan fingerprint density at radius 3 is 2.68 bits per heavy atom. The molecule has 4 heteroatoms. The van der Waals surface area contributed by atoms with Crippen LogP contribution in [0.2, 0.25) is 0 Å². The minimum atomic E-state index is -0.466. The van der Waals surface area contributed by atoms with Crippen LogP contribution in [-0.2, 0) is 4.74 Å². The summed E-state index contributed by atoms with van der Waals surface area (Å²) >= 11 is 0. The first-order valence-electron chi connectivity index (χ1n) is 6.72. The maximum absolute atomic E-state index is 12.2. The molecule has 1 fully saturated rings. The molecule has 0 aromatic heterocycles. The topological polar surface area (TPSA) is 55.6 Å². The first-order chi connectivity index (χ1) is 8.88. The van der Waals surface area contributed by atoms with E-state index in [0.717, 1.165) is 30.6 Å². The SMILES string of the molecule is CC(C)(C)OC(=O)N1CCC[C@@H]1c1ccccc1N. The van der Waals surface area contributed by atoms with Crippen molar-refractivity contribution < 1.29 is 9.53 Å². The molecule has 2 rings (SSSR count). The third kappa shape index (κ3) is 3.19. The van der Waals surface area contributed by atoms with E-state index in [-0.39, 0.29) is 12.1 Å². The number of anilines is 1. The van der Waals surface area contributed by atoms with Crippen LogP contribution in [0.4, 0.5) is 10.5 Å². The molecule has 1 saturated heterocycles. The number of nitrogens with zero attached hydrogens (tertiary/aromatic N) is 1. The molecule has 1 atom stereocenters. The molecule has 1 aliphatic heterocycles. The number of nitrogens with two attached hydrogens (primary N) is 1. The van der Waals surface area contributed by atoms with E-state index in [2.05, 4.69) is 0 Å². The summed E-state index contributed by atoms with van der Waals surface area (Å²) in [7, 11) is 0. The van der Waals surface area contributed by atoms with Crippen LogP contribution in [0.15, 0.2) is 24.3 Å². The van der Waals surface area contributed by atoms with Gasteiger partial charge in [0.15, 0.2) is 0 Å². The Balaban J connectivity index is 2.18. The van der Waals surface area contributed by atoms with E-state index in [1.807, 2.05) is 45.0 Å². The van der Waals surface area contributed by atoms with Crippen LogP contribution in [0.1, 0.15) is 45.2 Å². The van der Waals surface area contributed by atoms with Gasteiger partial charge in [-0.15, -0.1) is 0 Å². The second-order valence-electron chi connectivity index (χ2n) is 5.96. The van der Waals surface area contributed by atoms with Crippen molar-refractivity contribution in [2.75, 3.05) is 12.3 Å². The number of carbonyl (C=O) groups is 1. The van der Waals surface area contributed by atoms with Crippen molar-refractivity contribution in [3.05, 3.63) is 29.8 Å². The summed E-state index contributed by atoms with van der Waals surface area (Å²) < 4.78 is 5.46. The lowest BCUT2D eigenvalue weighted by molar-refractivity contribution is 0.0225. The molecule has 0 unspecified atom stereocenters. The number of hydrogen-bond acceptors (Lipinski definition) is 3. The quantitative estimate of drug-likeness (QED) is 0.790. The molecular weight excluding hydrogens is 240 g/mol. The molecule has 0 aliphatic carbocycles. The van der Waals surface area contributed by atoms with Gasteiger partial charge in [0.2, 0.25) is 0 Å². The van der Waals surface area contributed by atoms with Gasteiger partial charge in [-0.05, 0) is 45.2 Å². The van der Waals surface area contributed by atoms with Crippen molar-refractivity contribution in [3.63, 3.8) is 0 Å². The van der Waals surface area contributed by atoms with Crippen LogP contribution < -0.4 is 5.73 Å². The summed E-state index contributed by atoms with van der Waals surface area (Å²) in [6.07, 6.45) is 1.67. The maximum Gasteiger partial charge on any atom is 0.410 e. The second kappa shape index (κ2) is 5.11. The van der Waals surface area contributed by atoms with E-state index < -0.39 is 5.60 Å². The number of nitrogen functional groups attached to an aromatic ring is 1. The number of carbonyl (C=O) groups excluding carboxylic acids is 1. The van der Waals surface area contributed by atoms with Crippen LogP contribution in [0.25, 0.3) is 0 Å². The van der Waals surface area contributed by atoms with Gasteiger partial charge in [-0.2, -0.15) is 0 Å². The number of benzene rings is 1. The number of likely N-dealkylation sites (tertiary alicyclic amines) is 1. The molecule has 1 aromatic rings. The Bertz CT molecular complexity index is 465. The van der Waals surface area contributed by atoms with Crippen LogP contribution in [0, 0.1) is 0 Å². The highest BCUT2D eigenvalue weighted by molar-refractivity contribution is 5.70. The lowest BCUT2D eigenvalue weighted by Gasteiger charge is -2.29. The zero-order valence-electron chi connectivity index (χ0n) is 11.8. The van der Waals surface area contributed by atoms with Crippen molar-refractivity contribution in [2.24, 2.45) is 0 Å². The summed E-state index contributed by atoms with van der Waals surface area (Å²) in [6, 6.07) is 7.77. The standard InChI is InChI=1S/C15H22N2O2/c1-15(2,3)19-14(18)17-10-6-9-13(17)11-7-4-5-8-12(11)16/h4-5,7-8,13H,6,9-10,16H2,1-3H3/t13-/m1/s1. The molecule has 1 amide bonds. The van der Waals surface area contributed by atoms with E-state index in [1.54, 1.807) is 4.90 Å². The predicted molar refractivity (Wildman–Crippen MR) is 75.8 cm³/mol. The van der Waals surface area contributed by atoms with Crippen LogP contribution in [0.5, 0.6) is 0 Å². The largest absolute Gasteiger partial charge is 0.444 e. The summed E-state index contributed by atoms with van der Waals surface area (Å²) in [4.78, 5) is 14.0. The second-order valence-corrected chi connectivity index (χ2v) is 5.96. The van der Waals surface area contributed by atoms with E-state index in [1.165, 1.54) is 0 Å². The molecule has 1 heterocycles. The summed E-state index contributed by atoms with van der Waals surface area (Å²) in [6.45, 7) is 6.38. The Kier molecular flexibility index (Phi) is 3.69. The molecule has 0 radical (unpaired) electrons. The minimum Gasteiger partial charge on any atom is -0.444 e. The van der Waals surface area contributed by atoms with Crippen molar-refractivity contribution in [1.82, 2.24) is 4.90 Å².